The lowest BCUT2D eigenvalue weighted by Crippen LogP contribution is -2.36. The molecule has 1 aromatic heterocycles. The van der Waals surface area contributed by atoms with Crippen LogP contribution in [0.3, 0.4) is 0 Å². The van der Waals surface area contributed by atoms with Gasteiger partial charge in [0.15, 0.2) is 5.69 Å². The monoisotopic (exact) mass is 299 g/mol. The van der Waals surface area contributed by atoms with Gasteiger partial charge in [-0.15, -0.1) is 0 Å². The van der Waals surface area contributed by atoms with Crippen molar-refractivity contribution in [2.75, 3.05) is 0 Å². The van der Waals surface area contributed by atoms with Gasteiger partial charge in [0.2, 0.25) is 0 Å². The number of rotatable bonds is 3. The van der Waals surface area contributed by atoms with E-state index in [1.165, 1.54) is 19.3 Å². The maximum Gasteiger partial charge on any atom is 0.273 e. The van der Waals surface area contributed by atoms with Gasteiger partial charge in [-0.25, -0.2) is 0 Å². The quantitative estimate of drug-likeness (QED) is 0.933. The number of hydrogen-bond acceptors (Lipinski definition) is 2. The molecule has 1 aromatic rings. The van der Waals surface area contributed by atoms with Crippen LogP contribution in [0.5, 0.6) is 0 Å². The standard InChI is InChI=1S/C12H18BrN3O/c1-2-16-8-10(13)11(15-16)12(17)14-9-6-4-3-5-7-9/h8-9H,2-7H2,1H3,(H,14,17). The summed E-state index contributed by atoms with van der Waals surface area (Å²) < 4.78 is 2.53. The molecule has 0 unspecified atom stereocenters. The topological polar surface area (TPSA) is 46.9 Å². The van der Waals surface area contributed by atoms with Gasteiger partial charge in [0.1, 0.15) is 0 Å². The van der Waals surface area contributed by atoms with Gasteiger partial charge in [0, 0.05) is 18.8 Å². The lowest BCUT2D eigenvalue weighted by atomic mass is 9.95. The van der Waals surface area contributed by atoms with E-state index in [9.17, 15) is 4.79 Å². The van der Waals surface area contributed by atoms with Crippen molar-refractivity contribution in [3.8, 4) is 0 Å². The summed E-state index contributed by atoms with van der Waals surface area (Å²) in [6.07, 6.45) is 7.76. The highest BCUT2D eigenvalue weighted by Gasteiger charge is 2.20. The molecular formula is C12H18BrN3O. The van der Waals surface area contributed by atoms with Crippen LogP contribution in [0.2, 0.25) is 0 Å². The lowest BCUT2D eigenvalue weighted by Gasteiger charge is -2.22. The molecule has 0 aliphatic heterocycles. The molecule has 1 aliphatic carbocycles. The van der Waals surface area contributed by atoms with E-state index in [1.54, 1.807) is 4.68 Å². The third kappa shape index (κ3) is 3.09. The predicted molar refractivity (Wildman–Crippen MR) is 69.9 cm³/mol. The third-order valence-electron chi connectivity index (χ3n) is 3.20. The Bertz CT molecular complexity index is 396. The smallest absolute Gasteiger partial charge is 0.273 e. The average Bonchev–Trinajstić information content (AvgIpc) is 2.72. The van der Waals surface area contributed by atoms with E-state index in [0.717, 1.165) is 23.9 Å². The number of halogens is 1. The summed E-state index contributed by atoms with van der Waals surface area (Å²) in [6.45, 7) is 2.78. The van der Waals surface area contributed by atoms with Crippen molar-refractivity contribution in [2.24, 2.45) is 0 Å². The van der Waals surface area contributed by atoms with E-state index in [0.29, 0.717) is 11.7 Å². The van der Waals surface area contributed by atoms with Crippen molar-refractivity contribution in [1.29, 1.82) is 0 Å². The summed E-state index contributed by atoms with van der Waals surface area (Å²) in [6, 6.07) is 0.329. The molecule has 1 fully saturated rings. The Hall–Kier alpha value is -0.840. The summed E-state index contributed by atoms with van der Waals surface area (Å²) in [5, 5.41) is 7.32. The lowest BCUT2D eigenvalue weighted by molar-refractivity contribution is 0.0921. The van der Waals surface area contributed by atoms with Crippen LogP contribution in [0.15, 0.2) is 10.7 Å². The molecule has 1 saturated carbocycles. The van der Waals surface area contributed by atoms with Crippen LogP contribution in [0, 0.1) is 0 Å². The molecule has 4 nitrogen and oxygen atoms in total. The Kier molecular flexibility index (Phi) is 4.20. The molecule has 0 spiro atoms. The second-order valence-corrected chi connectivity index (χ2v) is 5.34. The van der Waals surface area contributed by atoms with E-state index in [4.69, 9.17) is 0 Å². The Morgan fingerprint density at radius 1 is 1.53 bits per heavy atom. The van der Waals surface area contributed by atoms with Crippen molar-refractivity contribution in [2.45, 2.75) is 51.6 Å². The summed E-state index contributed by atoms with van der Waals surface area (Å²) in [5.41, 5.74) is 0.498. The minimum Gasteiger partial charge on any atom is -0.348 e. The van der Waals surface area contributed by atoms with E-state index < -0.39 is 0 Å². The number of nitrogens with zero attached hydrogens (tertiary/aromatic N) is 2. The first-order valence-electron chi connectivity index (χ1n) is 6.24. The fraction of sp³-hybridized carbons (Fsp3) is 0.667. The molecule has 17 heavy (non-hydrogen) atoms. The molecule has 0 saturated heterocycles. The minimum absolute atomic E-state index is 0.0593. The van der Waals surface area contributed by atoms with Gasteiger partial charge >= 0.3 is 0 Å². The molecule has 0 radical (unpaired) electrons. The van der Waals surface area contributed by atoms with Gasteiger partial charge in [0.05, 0.1) is 4.47 Å². The van der Waals surface area contributed by atoms with Crippen LogP contribution in [0.1, 0.15) is 49.5 Å². The highest BCUT2D eigenvalue weighted by atomic mass is 79.9. The zero-order valence-corrected chi connectivity index (χ0v) is 11.7. The van der Waals surface area contributed by atoms with Crippen molar-refractivity contribution in [1.82, 2.24) is 15.1 Å². The molecule has 5 heteroatoms. The number of hydrogen-bond donors (Lipinski definition) is 1. The van der Waals surface area contributed by atoms with Crippen LogP contribution in [0.25, 0.3) is 0 Å². The number of aromatic nitrogens is 2. The van der Waals surface area contributed by atoms with Crippen LogP contribution in [0.4, 0.5) is 0 Å². The Labute approximate surface area is 110 Å². The second-order valence-electron chi connectivity index (χ2n) is 4.49. The molecule has 2 rings (SSSR count). The van der Waals surface area contributed by atoms with E-state index in [-0.39, 0.29) is 5.91 Å². The number of carbonyl (C=O) groups excluding carboxylic acids is 1. The Morgan fingerprint density at radius 2 is 2.24 bits per heavy atom. The van der Waals surface area contributed by atoms with Crippen LogP contribution >= 0.6 is 15.9 Å². The summed E-state index contributed by atoms with van der Waals surface area (Å²) in [5.74, 6) is -0.0593. The van der Waals surface area contributed by atoms with E-state index >= 15 is 0 Å². The Morgan fingerprint density at radius 3 is 2.82 bits per heavy atom. The van der Waals surface area contributed by atoms with Crippen LogP contribution < -0.4 is 5.32 Å². The molecule has 1 N–H and O–H groups in total. The summed E-state index contributed by atoms with van der Waals surface area (Å²) >= 11 is 3.38. The van der Waals surface area contributed by atoms with E-state index in [2.05, 4.69) is 26.3 Å². The van der Waals surface area contributed by atoms with Gasteiger partial charge in [-0.05, 0) is 35.7 Å². The van der Waals surface area contributed by atoms with Crippen LogP contribution in [-0.4, -0.2) is 21.7 Å². The molecule has 1 aliphatic rings. The number of aryl methyl sites for hydroxylation is 1. The minimum atomic E-state index is -0.0593. The maximum atomic E-state index is 12.0. The zero-order chi connectivity index (χ0) is 12.3. The van der Waals surface area contributed by atoms with Gasteiger partial charge in [-0.2, -0.15) is 5.10 Å². The normalized spacial score (nSPS) is 17.1. The van der Waals surface area contributed by atoms with Gasteiger partial charge in [-0.3, -0.25) is 9.48 Å². The highest BCUT2D eigenvalue weighted by molar-refractivity contribution is 9.10. The first-order chi connectivity index (χ1) is 8.20. The highest BCUT2D eigenvalue weighted by Crippen LogP contribution is 2.19. The third-order valence-corrected chi connectivity index (χ3v) is 3.78. The molecule has 0 bridgehead atoms. The van der Waals surface area contributed by atoms with Gasteiger partial charge < -0.3 is 5.32 Å². The molecular weight excluding hydrogens is 282 g/mol. The average molecular weight is 300 g/mol. The fourth-order valence-electron chi connectivity index (χ4n) is 2.21. The summed E-state index contributed by atoms with van der Waals surface area (Å²) in [4.78, 5) is 12.0. The van der Waals surface area contributed by atoms with Crippen molar-refractivity contribution in [3.63, 3.8) is 0 Å². The van der Waals surface area contributed by atoms with E-state index in [1.807, 2.05) is 13.1 Å². The maximum absolute atomic E-state index is 12.0. The van der Waals surface area contributed by atoms with Crippen molar-refractivity contribution in [3.05, 3.63) is 16.4 Å². The number of amides is 1. The predicted octanol–water partition coefficient (Wildman–Crippen LogP) is 2.73. The first kappa shape index (κ1) is 12.6. The second kappa shape index (κ2) is 5.67. The van der Waals surface area contributed by atoms with Crippen molar-refractivity contribution >= 4 is 21.8 Å². The van der Waals surface area contributed by atoms with Crippen LogP contribution in [-0.2, 0) is 6.54 Å². The van der Waals surface area contributed by atoms with Crippen molar-refractivity contribution < 1.29 is 4.79 Å². The van der Waals surface area contributed by atoms with Gasteiger partial charge in [-0.1, -0.05) is 19.3 Å². The molecule has 1 heterocycles. The first-order valence-corrected chi connectivity index (χ1v) is 7.04. The Balaban J connectivity index is 2.00. The number of carbonyl (C=O) groups is 1. The molecule has 0 aromatic carbocycles. The largest absolute Gasteiger partial charge is 0.348 e. The molecule has 0 atom stereocenters. The SMILES string of the molecule is CCn1cc(Br)c(C(=O)NC2CCCCC2)n1. The molecule has 94 valence electrons. The molecule has 1 amide bonds. The number of nitrogens with one attached hydrogen (secondary N) is 1. The zero-order valence-electron chi connectivity index (χ0n) is 10.1. The fourth-order valence-corrected chi connectivity index (χ4v) is 2.71. The van der Waals surface area contributed by atoms with Gasteiger partial charge in [0.25, 0.3) is 5.91 Å². The summed E-state index contributed by atoms with van der Waals surface area (Å²) in [7, 11) is 0.